The minimum atomic E-state index is -2.59. The highest BCUT2D eigenvalue weighted by atomic mass is 28.4. The molecule has 0 aliphatic heterocycles. The molecule has 1 aliphatic rings. The molecule has 1 unspecified atom stereocenters. The molecule has 1 saturated carbocycles. The van der Waals surface area contributed by atoms with Crippen LogP contribution in [-0.4, -0.2) is 25.5 Å². The van der Waals surface area contributed by atoms with Crippen molar-refractivity contribution in [1.29, 1.82) is 0 Å². The molecule has 0 heterocycles. The summed E-state index contributed by atoms with van der Waals surface area (Å²) in [5.41, 5.74) is 0. The highest BCUT2D eigenvalue weighted by Gasteiger charge is 2.55. The van der Waals surface area contributed by atoms with E-state index in [2.05, 4.69) is 69.3 Å². The van der Waals surface area contributed by atoms with E-state index in [0.29, 0.717) is 6.42 Å². The van der Waals surface area contributed by atoms with Crippen LogP contribution in [0.3, 0.4) is 0 Å². The van der Waals surface area contributed by atoms with Crippen molar-refractivity contribution in [3.05, 3.63) is 60.7 Å². The SMILES string of the molecule is CC(O[Si](c1ccccc1)(c1ccccc1)C(C)(C)C)[C@H]1C[C@@H]1C(=O)O. The molecule has 0 saturated heterocycles. The third-order valence-electron chi connectivity index (χ3n) is 5.54. The van der Waals surface area contributed by atoms with Gasteiger partial charge in [-0.15, -0.1) is 0 Å². The number of rotatable bonds is 6. The zero-order chi connectivity index (χ0) is 18.9. The smallest absolute Gasteiger partial charge is 0.306 e. The van der Waals surface area contributed by atoms with E-state index in [9.17, 15) is 9.90 Å². The van der Waals surface area contributed by atoms with Crippen LogP contribution in [0, 0.1) is 11.8 Å². The van der Waals surface area contributed by atoms with Gasteiger partial charge in [0.2, 0.25) is 0 Å². The van der Waals surface area contributed by atoms with E-state index in [1.54, 1.807) is 0 Å². The fraction of sp³-hybridized carbons (Fsp3) is 0.409. The Morgan fingerprint density at radius 1 is 1.04 bits per heavy atom. The number of benzene rings is 2. The highest BCUT2D eigenvalue weighted by Crippen LogP contribution is 2.45. The lowest BCUT2D eigenvalue weighted by molar-refractivity contribution is -0.139. The molecular formula is C22H28O3Si. The van der Waals surface area contributed by atoms with Crippen molar-refractivity contribution in [3.8, 4) is 0 Å². The van der Waals surface area contributed by atoms with Crippen molar-refractivity contribution >= 4 is 24.7 Å². The highest BCUT2D eigenvalue weighted by molar-refractivity contribution is 6.99. The van der Waals surface area contributed by atoms with E-state index in [1.807, 2.05) is 19.1 Å². The molecule has 3 atom stereocenters. The molecule has 138 valence electrons. The third kappa shape index (κ3) is 3.36. The summed E-state index contributed by atoms with van der Waals surface area (Å²) in [5, 5.41) is 11.7. The van der Waals surface area contributed by atoms with E-state index >= 15 is 0 Å². The van der Waals surface area contributed by atoms with Crippen molar-refractivity contribution < 1.29 is 14.3 Å². The van der Waals surface area contributed by atoms with E-state index in [1.165, 1.54) is 10.4 Å². The first-order chi connectivity index (χ1) is 12.3. The number of hydrogen-bond acceptors (Lipinski definition) is 2. The lowest BCUT2D eigenvalue weighted by Gasteiger charge is -2.44. The minimum Gasteiger partial charge on any atom is -0.481 e. The Balaban J connectivity index is 2.08. The quantitative estimate of drug-likeness (QED) is 0.791. The van der Waals surface area contributed by atoms with Gasteiger partial charge in [-0.1, -0.05) is 81.4 Å². The summed E-state index contributed by atoms with van der Waals surface area (Å²) in [7, 11) is -2.59. The van der Waals surface area contributed by atoms with Gasteiger partial charge in [0.25, 0.3) is 8.32 Å². The molecule has 1 fully saturated rings. The van der Waals surface area contributed by atoms with Crippen molar-refractivity contribution in [1.82, 2.24) is 0 Å². The van der Waals surface area contributed by atoms with Crippen LogP contribution in [0.4, 0.5) is 0 Å². The van der Waals surface area contributed by atoms with E-state index in [4.69, 9.17) is 4.43 Å². The van der Waals surface area contributed by atoms with Gasteiger partial charge < -0.3 is 9.53 Å². The van der Waals surface area contributed by atoms with Crippen LogP contribution >= 0.6 is 0 Å². The molecule has 2 aromatic rings. The average molecular weight is 369 g/mol. The predicted molar refractivity (Wildman–Crippen MR) is 107 cm³/mol. The monoisotopic (exact) mass is 368 g/mol. The molecule has 2 aromatic carbocycles. The molecule has 0 amide bonds. The van der Waals surface area contributed by atoms with Crippen LogP contribution in [0.5, 0.6) is 0 Å². The van der Waals surface area contributed by atoms with E-state index in [0.717, 1.165) is 0 Å². The maximum atomic E-state index is 11.3. The average Bonchev–Trinajstić information content (AvgIpc) is 3.41. The normalized spacial score (nSPS) is 21.2. The first kappa shape index (κ1) is 18.9. The molecule has 1 N–H and O–H groups in total. The largest absolute Gasteiger partial charge is 0.481 e. The maximum Gasteiger partial charge on any atom is 0.306 e. The summed E-state index contributed by atoms with van der Waals surface area (Å²) in [6, 6.07) is 21.0. The second-order valence-corrected chi connectivity index (χ2v) is 12.6. The van der Waals surface area contributed by atoms with Gasteiger partial charge in [0.15, 0.2) is 0 Å². The molecule has 26 heavy (non-hydrogen) atoms. The summed E-state index contributed by atoms with van der Waals surface area (Å²) >= 11 is 0. The standard InChI is InChI=1S/C22H28O3Si/c1-16(19-15-20(19)21(23)24)25-26(22(2,3)4,17-11-7-5-8-12-17)18-13-9-6-10-14-18/h5-14,16,19-20H,15H2,1-4H3,(H,23,24)/t16?,19-,20+/m1/s1. The Morgan fingerprint density at radius 2 is 1.50 bits per heavy atom. The van der Waals surface area contributed by atoms with E-state index < -0.39 is 14.3 Å². The fourth-order valence-corrected chi connectivity index (χ4v) is 8.82. The molecule has 0 spiro atoms. The topological polar surface area (TPSA) is 46.5 Å². The summed E-state index contributed by atoms with van der Waals surface area (Å²) in [6.45, 7) is 8.78. The summed E-state index contributed by atoms with van der Waals surface area (Å²) in [5.74, 6) is -0.856. The Morgan fingerprint density at radius 3 is 1.85 bits per heavy atom. The number of aliphatic carboxylic acids is 1. The molecule has 1 aliphatic carbocycles. The van der Waals surface area contributed by atoms with Gasteiger partial charge in [0.1, 0.15) is 0 Å². The molecule has 3 nitrogen and oxygen atoms in total. The second kappa shape index (κ2) is 7.01. The number of carboxylic acid groups (broad SMARTS) is 1. The molecule has 0 bridgehead atoms. The zero-order valence-electron chi connectivity index (χ0n) is 16.0. The molecular weight excluding hydrogens is 340 g/mol. The number of carbonyl (C=O) groups is 1. The first-order valence-electron chi connectivity index (χ1n) is 9.29. The van der Waals surface area contributed by atoms with Gasteiger partial charge in [0, 0.05) is 6.10 Å². The van der Waals surface area contributed by atoms with Crippen molar-refractivity contribution in [3.63, 3.8) is 0 Å². The van der Waals surface area contributed by atoms with Crippen LogP contribution in [0.15, 0.2) is 60.7 Å². The van der Waals surface area contributed by atoms with Gasteiger partial charge >= 0.3 is 5.97 Å². The van der Waals surface area contributed by atoms with Gasteiger partial charge in [-0.3, -0.25) is 4.79 Å². The van der Waals surface area contributed by atoms with Gasteiger partial charge in [-0.05, 0) is 34.7 Å². The lowest BCUT2D eigenvalue weighted by Crippen LogP contribution is -2.67. The van der Waals surface area contributed by atoms with Gasteiger partial charge in [-0.25, -0.2) is 0 Å². The summed E-state index contributed by atoms with van der Waals surface area (Å²) < 4.78 is 6.95. The number of carboxylic acids is 1. The van der Waals surface area contributed by atoms with Crippen molar-refractivity contribution in [2.75, 3.05) is 0 Å². The van der Waals surface area contributed by atoms with Crippen LogP contribution in [0.25, 0.3) is 0 Å². The minimum absolute atomic E-state index is 0.0811. The molecule has 4 heteroatoms. The second-order valence-electron chi connectivity index (χ2n) is 8.33. The van der Waals surface area contributed by atoms with Crippen LogP contribution in [0.1, 0.15) is 34.1 Å². The summed E-state index contributed by atoms with van der Waals surface area (Å²) in [4.78, 5) is 11.3. The zero-order valence-corrected chi connectivity index (χ0v) is 17.0. The molecule has 0 aromatic heterocycles. The summed E-state index contributed by atoms with van der Waals surface area (Å²) in [6.07, 6.45) is 0.636. The van der Waals surface area contributed by atoms with Gasteiger partial charge in [0.05, 0.1) is 5.92 Å². The van der Waals surface area contributed by atoms with Gasteiger partial charge in [-0.2, -0.15) is 0 Å². The Bertz CT molecular complexity index is 712. The van der Waals surface area contributed by atoms with Crippen LogP contribution < -0.4 is 10.4 Å². The Kier molecular flexibility index (Phi) is 5.09. The van der Waals surface area contributed by atoms with Crippen molar-refractivity contribution in [2.45, 2.75) is 45.3 Å². The molecule has 0 radical (unpaired) electrons. The molecule has 3 rings (SSSR count). The Hall–Kier alpha value is -1.91. The van der Waals surface area contributed by atoms with Crippen molar-refractivity contribution in [2.24, 2.45) is 11.8 Å². The predicted octanol–water partition coefficient (Wildman–Crippen LogP) is 3.67. The van der Waals surface area contributed by atoms with E-state index in [-0.39, 0.29) is 23.0 Å². The van der Waals surface area contributed by atoms with Crippen LogP contribution in [-0.2, 0) is 9.22 Å². The number of hydrogen-bond donors (Lipinski definition) is 1. The third-order valence-corrected chi connectivity index (χ3v) is 10.7. The van der Waals surface area contributed by atoms with Crippen LogP contribution in [0.2, 0.25) is 5.04 Å². The lowest BCUT2D eigenvalue weighted by atomic mass is 10.2. The maximum absolute atomic E-state index is 11.3. The fourth-order valence-electron chi connectivity index (χ4n) is 4.07. The first-order valence-corrected chi connectivity index (χ1v) is 11.2. The Labute approximate surface area is 157 Å².